The van der Waals surface area contributed by atoms with Crippen molar-refractivity contribution in [1.29, 1.82) is 0 Å². The summed E-state index contributed by atoms with van der Waals surface area (Å²) < 4.78 is 9.42. The highest BCUT2D eigenvalue weighted by Gasteiger charge is 2.23. The van der Waals surface area contributed by atoms with Gasteiger partial charge in [0.15, 0.2) is 11.6 Å². The van der Waals surface area contributed by atoms with E-state index >= 15 is 0 Å². The van der Waals surface area contributed by atoms with Crippen molar-refractivity contribution in [2.24, 2.45) is 7.05 Å². The number of H-pyrrole nitrogens is 1. The van der Waals surface area contributed by atoms with Crippen LogP contribution in [0.5, 0.6) is 0 Å². The second-order valence-corrected chi connectivity index (χ2v) is 6.85. The molecule has 138 valence electrons. The molecule has 1 N–H and O–H groups in total. The quantitative estimate of drug-likeness (QED) is 0.605. The van der Waals surface area contributed by atoms with Gasteiger partial charge in [0, 0.05) is 43.3 Å². The van der Waals surface area contributed by atoms with Crippen molar-refractivity contribution in [2.45, 2.75) is 13.0 Å². The summed E-state index contributed by atoms with van der Waals surface area (Å²) in [7, 11) is 1.95. The first-order chi connectivity index (χ1) is 13.2. The fraction of sp³-hybridized carbons (Fsp3) is 0.316. The summed E-state index contributed by atoms with van der Waals surface area (Å²) in [6, 6.07) is 6.42. The van der Waals surface area contributed by atoms with Gasteiger partial charge in [-0.25, -0.2) is 9.50 Å². The van der Waals surface area contributed by atoms with Crippen LogP contribution >= 0.6 is 0 Å². The number of anilines is 1. The number of aromatic nitrogens is 6. The summed E-state index contributed by atoms with van der Waals surface area (Å²) in [6.07, 6.45) is 7.52. The molecule has 4 aromatic heterocycles. The Bertz CT molecular complexity index is 1080. The summed E-state index contributed by atoms with van der Waals surface area (Å²) in [4.78, 5) is 10.0. The number of nitrogens with zero attached hydrogens (tertiary/aromatic N) is 6. The van der Waals surface area contributed by atoms with E-state index in [0.29, 0.717) is 13.2 Å². The highest BCUT2D eigenvalue weighted by atomic mass is 16.5. The van der Waals surface area contributed by atoms with Crippen LogP contribution in [0.4, 0.5) is 5.82 Å². The van der Waals surface area contributed by atoms with Crippen LogP contribution < -0.4 is 4.90 Å². The Morgan fingerprint density at radius 3 is 2.96 bits per heavy atom. The first-order valence-electron chi connectivity index (χ1n) is 9.07. The minimum atomic E-state index is 0.266. The Balaban J connectivity index is 1.76. The van der Waals surface area contributed by atoms with E-state index in [1.807, 2.05) is 53.2 Å². The highest BCUT2D eigenvalue weighted by Crippen LogP contribution is 2.31. The third-order valence-electron chi connectivity index (χ3n) is 5.10. The van der Waals surface area contributed by atoms with E-state index in [9.17, 15) is 0 Å². The van der Waals surface area contributed by atoms with Crippen LogP contribution in [0, 0.1) is 0 Å². The Hall–Kier alpha value is -3.13. The van der Waals surface area contributed by atoms with Crippen LogP contribution in [0.15, 0.2) is 43.0 Å². The van der Waals surface area contributed by atoms with Crippen LogP contribution in [0.25, 0.3) is 28.2 Å². The lowest BCUT2D eigenvalue weighted by molar-refractivity contribution is 0.0984. The molecule has 5 rings (SSSR count). The summed E-state index contributed by atoms with van der Waals surface area (Å²) in [5, 5.41) is 9.29. The van der Waals surface area contributed by atoms with Crippen molar-refractivity contribution < 1.29 is 4.74 Å². The number of aromatic amines is 1. The molecule has 8 heteroatoms. The molecule has 5 heterocycles. The molecule has 0 spiro atoms. The monoisotopic (exact) mass is 363 g/mol. The number of hydrogen-bond acceptors (Lipinski definition) is 5. The van der Waals surface area contributed by atoms with E-state index in [1.54, 1.807) is 0 Å². The third kappa shape index (κ3) is 2.60. The van der Waals surface area contributed by atoms with Crippen LogP contribution in [0.3, 0.4) is 0 Å². The number of aryl methyl sites for hydroxylation is 1. The zero-order valence-corrected chi connectivity index (χ0v) is 15.3. The minimum absolute atomic E-state index is 0.266. The molecule has 0 aliphatic carbocycles. The maximum Gasteiger partial charge on any atom is 0.163 e. The van der Waals surface area contributed by atoms with Gasteiger partial charge in [-0.15, -0.1) is 5.10 Å². The Labute approximate surface area is 156 Å². The Morgan fingerprint density at radius 2 is 2.22 bits per heavy atom. The number of imidazole rings is 1. The number of rotatable bonds is 3. The molecule has 1 saturated heterocycles. The molecular weight excluding hydrogens is 342 g/mol. The second-order valence-electron chi connectivity index (χ2n) is 6.85. The average molecular weight is 363 g/mol. The molecular formula is C19H21N7O. The molecule has 0 bridgehead atoms. The van der Waals surface area contributed by atoms with Gasteiger partial charge in [-0.3, -0.25) is 4.68 Å². The van der Waals surface area contributed by atoms with Gasteiger partial charge in [0.25, 0.3) is 0 Å². The molecule has 1 atom stereocenters. The fourth-order valence-corrected chi connectivity index (χ4v) is 3.68. The third-order valence-corrected chi connectivity index (χ3v) is 5.10. The first kappa shape index (κ1) is 16.1. The fourth-order valence-electron chi connectivity index (χ4n) is 3.68. The number of nitrogens with one attached hydrogen (secondary N) is 1. The van der Waals surface area contributed by atoms with E-state index in [-0.39, 0.29) is 6.04 Å². The van der Waals surface area contributed by atoms with Crippen molar-refractivity contribution in [3.8, 4) is 22.6 Å². The number of hydrogen-bond donors (Lipinski definition) is 1. The molecule has 1 aliphatic heterocycles. The van der Waals surface area contributed by atoms with Gasteiger partial charge < -0.3 is 14.6 Å². The van der Waals surface area contributed by atoms with Crippen molar-refractivity contribution in [1.82, 2.24) is 29.4 Å². The summed E-state index contributed by atoms with van der Waals surface area (Å²) >= 11 is 0. The van der Waals surface area contributed by atoms with Crippen LogP contribution in [-0.2, 0) is 11.8 Å². The SMILES string of the molecule is CC1COCCN1c1cc(-c2ccnn2C)c2cnc(-c3cc[nH]c3)n2n1. The molecule has 1 aliphatic rings. The Morgan fingerprint density at radius 1 is 1.30 bits per heavy atom. The predicted octanol–water partition coefficient (Wildman–Crippen LogP) is 2.35. The molecule has 27 heavy (non-hydrogen) atoms. The van der Waals surface area contributed by atoms with Gasteiger partial charge in [-0.05, 0) is 25.1 Å². The van der Waals surface area contributed by atoms with Crippen LogP contribution in [0.2, 0.25) is 0 Å². The van der Waals surface area contributed by atoms with Gasteiger partial charge >= 0.3 is 0 Å². The van der Waals surface area contributed by atoms with Crippen molar-refractivity contribution in [3.63, 3.8) is 0 Å². The van der Waals surface area contributed by atoms with E-state index in [4.69, 9.17) is 9.84 Å². The van der Waals surface area contributed by atoms with E-state index in [1.165, 1.54) is 0 Å². The van der Waals surface area contributed by atoms with Crippen molar-refractivity contribution >= 4 is 11.3 Å². The molecule has 0 radical (unpaired) electrons. The second kappa shape index (κ2) is 6.24. The lowest BCUT2D eigenvalue weighted by Gasteiger charge is -2.34. The van der Waals surface area contributed by atoms with E-state index < -0.39 is 0 Å². The van der Waals surface area contributed by atoms with Crippen LogP contribution in [0.1, 0.15) is 6.92 Å². The van der Waals surface area contributed by atoms with E-state index in [0.717, 1.165) is 40.5 Å². The normalized spacial score (nSPS) is 17.7. The molecule has 1 fully saturated rings. The lowest BCUT2D eigenvalue weighted by atomic mass is 10.1. The summed E-state index contributed by atoms with van der Waals surface area (Å²) in [5.74, 6) is 1.74. The van der Waals surface area contributed by atoms with Gasteiger partial charge in [-0.2, -0.15) is 5.10 Å². The van der Waals surface area contributed by atoms with Gasteiger partial charge in [0.2, 0.25) is 0 Å². The minimum Gasteiger partial charge on any atom is -0.377 e. The van der Waals surface area contributed by atoms with E-state index in [2.05, 4.69) is 33.0 Å². The van der Waals surface area contributed by atoms with Gasteiger partial charge in [-0.1, -0.05) is 0 Å². The average Bonchev–Trinajstić information content (AvgIpc) is 3.41. The maximum absolute atomic E-state index is 5.60. The standard InChI is InChI=1S/C19H21N7O/c1-13-12-27-8-7-25(13)18-9-15(16-4-6-22-24(16)2)17-11-21-19(26(17)23-18)14-3-5-20-10-14/h3-6,9-11,13,20H,7-8,12H2,1-2H3. The first-order valence-corrected chi connectivity index (χ1v) is 9.07. The largest absolute Gasteiger partial charge is 0.377 e. The molecule has 0 amide bonds. The number of ether oxygens (including phenoxy) is 1. The topological polar surface area (TPSA) is 76.3 Å². The number of fused-ring (bicyclic) bond motifs is 1. The summed E-state index contributed by atoms with van der Waals surface area (Å²) in [5.41, 5.74) is 4.06. The van der Waals surface area contributed by atoms with Crippen molar-refractivity contribution in [2.75, 3.05) is 24.7 Å². The van der Waals surface area contributed by atoms with Gasteiger partial charge in [0.1, 0.15) is 0 Å². The van der Waals surface area contributed by atoms with Crippen LogP contribution in [-0.4, -0.2) is 55.2 Å². The Kier molecular flexibility index (Phi) is 3.71. The highest BCUT2D eigenvalue weighted by molar-refractivity contribution is 5.81. The zero-order chi connectivity index (χ0) is 18.4. The molecule has 0 aromatic carbocycles. The van der Waals surface area contributed by atoms with Gasteiger partial charge in [0.05, 0.1) is 36.7 Å². The lowest BCUT2D eigenvalue weighted by Crippen LogP contribution is -2.44. The number of morpholine rings is 1. The smallest absolute Gasteiger partial charge is 0.163 e. The maximum atomic E-state index is 5.60. The predicted molar refractivity (Wildman–Crippen MR) is 103 cm³/mol. The summed E-state index contributed by atoms with van der Waals surface area (Å²) in [6.45, 7) is 4.39. The zero-order valence-electron chi connectivity index (χ0n) is 15.3. The van der Waals surface area contributed by atoms with Crippen molar-refractivity contribution in [3.05, 3.63) is 43.0 Å². The molecule has 4 aromatic rings. The molecule has 0 saturated carbocycles. The molecule has 8 nitrogen and oxygen atoms in total. The molecule has 1 unspecified atom stereocenters.